The summed E-state index contributed by atoms with van der Waals surface area (Å²) in [5.74, 6) is -0.266. The van der Waals surface area contributed by atoms with Gasteiger partial charge in [0.15, 0.2) is 0 Å². The molecule has 0 saturated carbocycles. The van der Waals surface area contributed by atoms with Crippen molar-refractivity contribution in [3.63, 3.8) is 0 Å². The summed E-state index contributed by atoms with van der Waals surface area (Å²) < 4.78 is 5.43. The minimum atomic E-state index is -0.667. The van der Waals surface area contributed by atoms with Gasteiger partial charge in [0.25, 0.3) is 0 Å². The van der Waals surface area contributed by atoms with E-state index in [4.69, 9.17) is 4.74 Å². The summed E-state index contributed by atoms with van der Waals surface area (Å²) in [4.78, 5) is 25.8. The fourth-order valence-corrected chi connectivity index (χ4v) is 2.76. The quantitative estimate of drug-likeness (QED) is 0.765. The Bertz CT molecular complexity index is 653. The topological polar surface area (TPSA) is 46.6 Å². The molecule has 2 aromatic carbocycles. The van der Waals surface area contributed by atoms with E-state index in [1.54, 1.807) is 27.8 Å². The van der Waals surface area contributed by atoms with Gasteiger partial charge in [0, 0.05) is 13.0 Å². The molecule has 2 rings (SSSR count). The second-order valence-corrected chi connectivity index (χ2v) is 7.02. The van der Waals surface area contributed by atoms with Gasteiger partial charge < -0.3 is 14.4 Å². The van der Waals surface area contributed by atoms with Crippen molar-refractivity contribution in [3.05, 3.63) is 71.8 Å². The molecule has 0 radical (unpaired) electrons. The first kappa shape index (κ1) is 18.7. The monoisotopic (exact) mass is 339 g/mol. The molecule has 0 N–H and O–H groups in total. The number of amides is 1. The number of likely N-dealkylation sites (N-methyl/N-ethyl adjacent to an activating group) is 1. The van der Waals surface area contributed by atoms with Crippen molar-refractivity contribution in [2.75, 3.05) is 7.05 Å². The van der Waals surface area contributed by atoms with Gasteiger partial charge in [-0.2, -0.15) is 0 Å². The van der Waals surface area contributed by atoms with Crippen LogP contribution in [0.4, 0.5) is 4.79 Å². The van der Waals surface area contributed by atoms with Crippen molar-refractivity contribution in [2.24, 2.45) is 0 Å². The summed E-state index contributed by atoms with van der Waals surface area (Å²) in [7, 11) is 1.60. The van der Waals surface area contributed by atoms with Crippen molar-refractivity contribution in [1.29, 1.82) is 0 Å². The minimum absolute atomic E-state index is 0.266. The lowest BCUT2D eigenvalue weighted by atomic mass is 9.85. The molecule has 2 aromatic rings. The molecule has 0 fully saturated rings. The molecule has 0 heterocycles. The summed E-state index contributed by atoms with van der Waals surface area (Å²) in [5.41, 5.74) is 1.33. The molecule has 4 heteroatoms. The molecule has 0 aliphatic heterocycles. The third-order valence-electron chi connectivity index (χ3n) is 3.93. The fourth-order valence-electron chi connectivity index (χ4n) is 2.76. The second-order valence-electron chi connectivity index (χ2n) is 7.02. The first-order valence-electron chi connectivity index (χ1n) is 8.34. The molecule has 1 atom stereocenters. The standard InChI is InChI=1S/C21H25NO3/c1-21(2,3)25-20(24)22(4)18(15-23)19(16-11-7-5-8-12-16)17-13-9-6-10-14-17/h5-15,18-19H,1-4H3/t18-/m0/s1. The molecule has 4 nitrogen and oxygen atoms in total. The van der Waals surface area contributed by atoms with Crippen LogP contribution in [0.1, 0.15) is 37.8 Å². The number of hydrogen-bond acceptors (Lipinski definition) is 3. The van der Waals surface area contributed by atoms with Crippen LogP contribution in [0.5, 0.6) is 0 Å². The van der Waals surface area contributed by atoms with Crippen LogP contribution in [0, 0.1) is 0 Å². The average molecular weight is 339 g/mol. The third-order valence-corrected chi connectivity index (χ3v) is 3.93. The lowest BCUT2D eigenvalue weighted by Crippen LogP contribution is -2.44. The molecule has 25 heavy (non-hydrogen) atoms. The zero-order valence-electron chi connectivity index (χ0n) is 15.2. The molecule has 0 aliphatic carbocycles. The van der Waals surface area contributed by atoms with Crippen molar-refractivity contribution in [3.8, 4) is 0 Å². The zero-order chi connectivity index (χ0) is 18.4. The van der Waals surface area contributed by atoms with E-state index < -0.39 is 17.7 Å². The fraction of sp³-hybridized carbons (Fsp3) is 0.333. The van der Waals surface area contributed by atoms with Gasteiger partial charge in [0.1, 0.15) is 17.9 Å². The molecule has 0 aromatic heterocycles. The van der Waals surface area contributed by atoms with Gasteiger partial charge in [-0.3, -0.25) is 0 Å². The first-order valence-corrected chi connectivity index (χ1v) is 8.34. The average Bonchev–Trinajstić information content (AvgIpc) is 2.59. The van der Waals surface area contributed by atoms with E-state index >= 15 is 0 Å². The van der Waals surface area contributed by atoms with E-state index in [1.165, 1.54) is 4.90 Å². The molecule has 132 valence electrons. The van der Waals surface area contributed by atoms with Gasteiger partial charge in [0.2, 0.25) is 0 Å². The van der Waals surface area contributed by atoms with Gasteiger partial charge in [-0.05, 0) is 31.9 Å². The van der Waals surface area contributed by atoms with Gasteiger partial charge in [-0.15, -0.1) is 0 Å². The van der Waals surface area contributed by atoms with E-state index in [0.29, 0.717) is 0 Å². The largest absolute Gasteiger partial charge is 0.444 e. The molecule has 0 unspecified atom stereocenters. The summed E-state index contributed by atoms with van der Waals surface area (Å²) in [6.45, 7) is 5.42. The Morgan fingerprint density at radius 2 is 1.40 bits per heavy atom. The number of hydrogen-bond donors (Lipinski definition) is 0. The number of ether oxygens (including phenoxy) is 1. The van der Waals surface area contributed by atoms with Crippen LogP contribution >= 0.6 is 0 Å². The normalized spacial score (nSPS) is 12.5. The summed E-state index contributed by atoms with van der Waals surface area (Å²) in [5, 5.41) is 0. The second kappa shape index (κ2) is 7.97. The van der Waals surface area contributed by atoms with Crippen molar-refractivity contribution in [1.82, 2.24) is 4.90 Å². The number of benzene rings is 2. The van der Waals surface area contributed by atoms with Crippen LogP contribution in [0.15, 0.2) is 60.7 Å². The molecule has 0 aliphatic rings. The van der Waals surface area contributed by atoms with Crippen LogP contribution < -0.4 is 0 Å². The zero-order valence-corrected chi connectivity index (χ0v) is 15.2. The Balaban J connectivity index is 2.40. The molecular weight excluding hydrogens is 314 g/mol. The van der Waals surface area contributed by atoms with E-state index in [0.717, 1.165) is 17.4 Å². The molecule has 0 saturated heterocycles. The Kier molecular flexibility index (Phi) is 5.97. The summed E-state index contributed by atoms with van der Waals surface area (Å²) in [6, 6.07) is 18.8. The molecule has 0 spiro atoms. The van der Waals surface area contributed by atoms with E-state index in [-0.39, 0.29) is 5.92 Å². The Labute approximate surface area is 149 Å². The summed E-state index contributed by atoms with van der Waals surface area (Å²) in [6.07, 6.45) is 0.302. The van der Waals surface area contributed by atoms with Crippen LogP contribution in [0.3, 0.4) is 0 Å². The summed E-state index contributed by atoms with van der Waals surface area (Å²) >= 11 is 0. The maximum Gasteiger partial charge on any atom is 0.410 e. The predicted octanol–water partition coefficient (Wildman–Crippen LogP) is 4.25. The lowest BCUT2D eigenvalue weighted by molar-refractivity contribution is -0.112. The van der Waals surface area contributed by atoms with Crippen LogP contribution in [0.2, 0.25) is 0 Å². The predicted molar refractivity (Wildman–Crippen MR) is 98.6 cm³/mol. The highest BCUT2D eigenvalue weighted by Gasteiger charge is 2.32. The maximum atomic E-state index is 12.5. The highest BCUT2D eigenvalue weighted by Crippen LogP contribution is 2.30. The number of carbonyl (C=O) groups excluding carboxylic acids is 2. The van der Waals surface area contributed by atoms with Crippen molar-refractivity contribution in [2.45, 2.75) is 38.3 Å². The Morgan fingerprint density at radius 1 is 0.960 bits per heavy atom. The van der Waals surface area contributed by atoms with Crippen LogP contribution in [0.25, 0.3) is 0 Å². The Hall–Kier alpha value is -2.62. The van der Waals surface area contributed by atoms with Gasteiger partial charge in [0.05, 0.1) is 0 Å². The number of nitrogens with zero attached hydrogens (tertiary/aromatic N) is 1. The first-order chi connectivity index (χ1) is 11.8. The smallest absolute Gasteiger partial charge is 0.410 e. The van der Waals surface area contributed by atoms with Crippen molar-refractivity contribution < 1.29 is 14.3 Å². The van der Waals surface area contributed by atoms with Gasteiger partial charge in [-0.1, -0.05) is 60.7 Å². The molecular formula is C21H25NO3. The van der Waals surface area contributed by atoms with Crippen molar-refractivity contribution >= 4 is 12.4 Å². The number of carbonyl (C=O) groups is 2. The maximum absolute atomic E-state index is 12.5. The highest BCUT2D eigenvalue weighted by atomic mass is 16.6. The van der Waals surface area contributed by atoms with E-state index in [9.17, 15) is 9.59 Å². The minimum Gasteiger partial charge on any atom is -0.444 e. The van der Waals surface area contributed by atoms with Crippen LogP contribution in [-0.4, -0.2) is 36.0 Å². The number of rotatable bonds is 5. The van der Waals surface area contributed by atoms with E-state index in [2.05, 4.69) is 0 Å². The molecule has 0 bridgehead atoms. The lowest BCUT2D eigenvalue weighted by Gasteiger charge is -2.33. The molecule has 1 amide bonds. The highest BCUT2D eigenvalue weighted by molar-refractivity contribution is 5.75. The van der Waals surface area contributed by atoms with Crippen LogP contribution in [-0.2, 0) is 9.53 Å². The third kappa shape index (κ3) is 4.92. The van der Waals surface area contributed by atoms with Gasteiger partial charge >= 0.3 is 6.09 Å². The van der Waals surface area contributed by atoms with Gasteiger partial charge in [-0.25, -0.2) is 4.79 Å². The van der Waals surface area contributed by atoms with E-state index in [1.807, 2.05) is 60.7 Å². The Morgan fingerprint density at radius 3 is 1.76 bits per heavy atom. The number of aldehydes is 1. The SMILES string of the molecule is CN(C(=O)OC(C)(C)C)[C@@H](C=O)C(c1ccccc1)c1ccccc1.